The van der Waals surface area contributed by atoms with Crippen molar-refractivity contribution >= 4 is 49.0 Å². The number of sulfone groups is 1. The number of anilines is 1. The highest BCUT2D eigenvalue weighted by Gasteiger charge is 2.32. The number of esters is 1. The average Bonchev–Trinajstić information content (AvgIpc) is 3.06. The molecule has 0 saturated heterocycles. The molecule has 0 radical (unpaired) electrons. The summed E-state index contributed by atoms with van der Waals surface area (Å²) < 4.78 is 29.9. The van der Waals surface area contributed by atoms with Crippen molar-refractivity contribution in [2.45, 2.75) is 25.6 Å². The Morgan fingerprint density at radius 1 is 1.25 bits per heavy atom. The van der Waals surface area contributed by atoms with E-state index in [0.717, 1.165) is 15.9 Å². The Bertz CT molecular complexity index is 1460. The SMILES string of the molecule is CCOC(=O)c1c(NC(=O)Cn2c(=O)[nH]c3ccccc3c2=O)sc2c1CCS(=O)(=O)C2. The maximum absolute atomic E-state index is 12.7. The van der Waals surface area contributed by atoms with Gasteiger partial charge in [-0.05, 0) is 31.0 Å². The number of carbonyl (C=O) groups is 2. The van der Waals surface area contributed by atoms with Crippen LogP contribution in [0.4, 0.5) is 5.00 Å². The lowest BCUT2D eigenvalue weighted by Crippen LogP contribution is -2.38. The van der Waals surface area contributed by atoms with Crippen LogP contribution in [0.3, 0.4) is 0 Å². The summed E-state index contributed by atoms with van der Waals surface area (Å²) in [4.78, 5) is 53.2. The Kier molecular flexibility index (Phi) is 5.73. The van der Waals surface area contributed by atoms with E-state index in [9.17, 15) is 27.6 Å². The lowest BCUT2D eigenvalue weighted by atomic mass is 10.1. The monoisotopic (exact) mass is 477 g/mol. The Hall–Kier alpha value is -3.25. The van der Waals surface area contributed by atoms with Crippen LogP contribution in [0, 0.1) is 0 Å². The maximum atomic E-state index is 12.7. The zero-order valence-electron chi connectivity index (χ0n) is 17.0. The first-order valence-electron chi connectivity index (χ1n) is 9.74. The van der Waals surface area contributed by atoms with Gasteiger partial charge < -0.3 is 15.0 Å². The van der Waals surface area contributed by atoms with Crippen molar-refractivity contribution in [3.63, 3.8) is 0 Å². The van der Waals surface area contributed by atoms with Crippen LogP contribution in [0.2, 0.25) is 0 Å². The summed E-state index contributed by atoms with van der Waals surface area (Å²) >= 11 is 0.983. The summed E-state index contributed by atoms with van der Waals surface area (Å²) in [7, 11) is -3.29. The van der Waals surface area contributed by atoms with Gasteiger partial charge in [-0.15, -0.1) is 11.3 Å². The highest BCUT2D eigenvalue weighted by molar-refractivity contribution is 7.90. The van der Waals surface area contributed by atoms with Gasteiger partial charge >= 0.3 is 11.7 Å². The number of para-hydroxylation sites is 1. The molecule has 0 saturated carbocycles. The van der Waals surface area contributed by atoms with Crippen LogP contribution in [0.1, 0.15) is 27.7 Å². The van der Waals surface area contributed by atoms with Crippen LogP contribution in [-0.2, 0) is 38.1 Å². The summed E-state index contributed by atoms with van der Waals surface area (Å²) in [5.74, 6) is -1.70. The number of fused-ring (bicyclic) bond motifs is 2. The average molecular weight is 478 g/mol. The Morgan fingerprint density at radius 3 is 2.75 bits per heavy atom. The minimum atomic E-state index is -3.29. The van der Waals surface area contributed by atoms with E-state index >= 15 is 0 Å². The van der Waals surface area contributed by atoms with E-state index in [0.29, 0.717) is 16.0 Å². The normalized spacial score (nSPS) is 14.7. The Balaban J connectivity index is 1.68. The molecule has 2 aromatic heterocycles. The van der Waals surface area contributed by atoms with Crippen molar-refractivity contribution in [2.24, 2.45) is 0 Å². The van der Waals surface area contributed by atoms with Crippen molar-refractivity contribution in [2.75, 3.05) is 17.7 Å². The minimum Gasteiger partial charge on any atom is -0.462 e. The van der Waals surface area contributed by atoms with Crippen LogP contribution in [-0.4, -0.2) is 42.2 Å². The predicted octanol–water partition coefficient (Wildman–Crippen LogP) is 1.04. The number of rotatable bonds is 5. The van der Waals surface area contributed by atoms with Crippen LogP contribution in [0.5, 0.6) is 0 Å². The van der Waals surface area contributed by atoms with Gasteiger partial charge in [0.2, 0.25) is 5.91 Å². The largest absolute Gasteiger partial charge is 0.462 e. The zero-order chi connectivity index (χ0) is 23.0. The third-order valence-electron chi connectivity index (χ3n) is 5.03. The molecule has 12 heteroatoms. The molecule has 4 rings (SSSR count). The molecule has 1 aromatic carbocycles. The van der Waals surface area contributed by atoms with Crippen molar-refractivity contribution in [3.05, 3.63) is 61.1 Å². The van der Waals surface area contributed by atoms with Gasteiger partial charge in [-0.3, -0.25) is 14.2 Å². The molecule has 1 aliphatic rings. The molecule has 3 aromatic rings. The summed E-state index contributed by atoms with van der Waals surface area (Å²) in [6, 6.07) is 6.43. The first kappa shape index (κ1) is 22.0. The molecule has 0 fully saturated rings. The molecular formula is C20H19N3O7S2. The summed E-state index contributed by atoms with van der Waals surface area (Å²) in [5, 5.41) is 2.95. The lowest BCUT2D eigenvalue weighted by Gasteiger charge is -2.13. The van der Waals surface area contributed by atoms with Crippen LogP contribution < -0.4 is 16.6 Å². The van der Waals surface area contributed by atoms with Gasteiger partial charge in [-0.25, -0.2) is 18.0 Å². The van der Waals surface area contributed by atoms with Gasteiger partial charge in [-0.2, -0.15) is 0 Å². The topological polar surface area (TPSA) is 144 Å². The third kappa shape index (κ3) is 4.10. The van der Waals surface area contributed by atoms with E-state index in [1.54, 1.807) is 25.1 Å². The van der Waals surface area contributed by atoms with Crippen molar-refractivity contribution < 1.29 is 22.7 Å². The lowest BCUT2D eigenvalue weighted by molar-refractivity contribution is -0.116. The minimum absolute atomic E-state index is 0.0988. The molecule has 0 atom stereocenters. The van der Waals surface area contributed by atoms with Crippen LogP contribution in [0.25, 0.3) is 10.9 Å². The molecule has 0 bridgehead atoms. The van der Waals surface area contributed by atoms with Crippen LogP contribution in [0.15, 0.2) is 33.9 Å². The fraction of sp³-hybridized carbons (Fsp3) is 0.300. The summed E-state index contributed by atoms with van der Waals surface area (Å²) in [6.45, 7) is 1.16. The number of amides is 1. The van der Waals surface area contributed by atoms with Crippen molar-refractivity contribution in [1.29, 1.82) is 0 Å². The molecule has 1 amide bonds. The quantitative estimate of drug-likeness (QED) is 0.522. The fourth-order valence-electron chi connectivity index (χ4n) is 3.58. The molecule has 0 unspecified atom stereocenters. The number of aromatic nitrogens is 2. The molecule has 0 aliphatic carbocycles. The van der Waals surface area contributed by atoms with Crippen molar-refractivity contribution in [1.82, 2.24) is 9.55 Å². The Morgan fingerprint density at radius 2 is 2.00 bits per heavy atom. The highest BCUT2D eigenvalue weighted by atomic mass is 32.2. The summed E-state index contributed by atoms with van der Waals surface area (Å²) in [5.41, 5.74) is -0.349. The third-order valence-corrected chi connectivity index (χ3v) is 7.91. The number of thiophene rings is 1. The van der Waals surface area contributed by atoms with Gasteiger partial charge in [0.15, 0.2) is 9.84 Å². The summed E-state index contributed by atoms with van der Waals surface area (Å²) in [6.07, 6.45) is 0.141. The standard InChI is InChI=1S/C20H19N3O7S2/c1-2-30-19(26)16-12-7-8-32(28,29)10-14(12)31-17(16)22-15(24)9-23-18(25)11-5-3-4-6-13(11)21-20(23)27/h3-6H,2,7-10H2,1H3,(H,21,27)(H,22,24). The molecule has 3 heterocycles. The van der Waals surface area contributed by atoms with Crippen molar-refractivity contribution in [3.8, 4) is 0 Å². The number of benzene rings is 1. The van der Waals surface area contributed by atoms with E-state index in [1.807, 2.05) is 0 Å². The number of aromatic amines is 1. The highest BCUT2D eigenvalue weighted by Crippen LogP contribution is 2.38. The first-order chi connectivity index (χ1) is 15.2. The van der Waals surface area contributed by atoms with Gasteiger partial charge in [0, 0.05) is 4.88 Å². The fourth-order valence-corrected chi connectivity index (χ4v) is 6.64. The number of H-pyrrole nitrogens is 1. The number of nitrogens with one attached hydrogen (secondary N) is 2. The molecule has 10 nitrogen and oxygen atoms in total. The number of hydrogen-bond donors (Lipinski definition) is 2. The molecule has 0 spiro atoms. The van der Waals surface area contributed by atoms with Crippen LogP contribution >= 0.6 is 11.3 Å². The van der Waals surface area contributed by atoms with E-state index < -0.39 is 39.5 Å². The predicted molar refractivity (Wildman–Crippen MR) is 119 cm³/mol. The van der Waals surface area contributed by atoms with E-state index in [-0.39, 0.29) is 40.5 Å². The number of carbonyl (C=O) groups excluding carboxylic acids is 2. The second-order valence-electron chi connectivity index (χ2n) is 7.19. The number of ether oxygens (including phenoxy) is 1. The zero-order valence-corrected chi connectivity index (χ0v) is 18.6. The van der Waals surface area contributed by atoms with E-state index in [4.69, 9.17) is 4.74 Å². The van der Waals surface area contributed by atoms with Gasteiger partial charge in [0.1, 0.15) is 11.5 Å². The molecule has 168 valence electrons. The van der Waals surface area contributed by atoms with E-state index in [2.05, 4.69) is 10.3 Å². The van der Waals surface area contributed by atoms with Gasteiger partial charge in [0.25, 0.3) is 5.56 Å². The molecule has 1 aliphatic heterocycles. The Labute approximate surface area is 185 Å². The molecular weight excluding hydrogens is 458 g/mol. The van der Waals surface area contributed by atoms with E-state index in [1.165, 1.54) is 6.07 Å². The maximum Gasteiger partial charge on any atom is 0.341 e. The smallest absolute Gasteiger partial charge is 0.341 e. The molecule has 2 N–H and O–H groups in total. The number of hydrogen-bond acceptors (Lipinski definition) is 8. The second kappa shape index (κ2) is 8.36. The van der Waals surface area contributed by atoms with Gasteiger partial charge in [0.05, 0.1) is 34.6 Å². The first-order valence-corrected chi connectivity index (χ1v) is 12.4. The van der Waals surface area contributed by atoms with Gasteiger partial charge in [-0.1, -0.05) is 12.1 Å². The molecule has 32 heavy (non-hydrogen) atoms. The second-order valence-corrected chi connectivity index (χ2v) is 10.5. The number of nitrogens with zero attached hydrogens (tertiary/aromatic N) is 1.